The van der Waals surface area contributed by atoms with Crippen LogP contribution in [0, 0.1) is 5.92 Å². The molecule has 0 bridgehead atoms. The Morgan fingerprint density at radius 3 is 3.00 bits per heavy atom. The maximum absolute atomic E-state index is 11.1. The fourth-order valence-electron chi connectivity index (χ4n) is 2.19. The number of rotatable bonds is 3. The molecular weight excluding hydrogens is 230 g/mol. The summed E-state index contributed by atoms with van der Waals surface area (Å²) in [6, 6.07) is 1.70. The number of hydrogen-bond acceptors (Lipinski definition) is 4. The molecule has 2 N–H and O–H groups in total. The number of amides is 2. The molecule has 1 unspecified atom stereocenters. The van der Waals surface area contributed by atoms with Gasteiger partial charge in [0.2, 0.25) is 5.95 Å². The predicted octanol–water partition coefficient (Wildman–Crippen LogP) is 0.622. The standard InChI is InChI=1S/C12H19N5O/c1-13-12(18)16-8-10-4-2-7-17(9-10)11-14-5-3-6-15-11/h3,5-6,10H,2,4,7-9H2,1H3,(H2,13,16,18). The summed E-state index contributed by atoms with van der Waals surface area (Å²) in [5.74, 6) is 1.24. The third kappa shape index (κ3) is 3.32. The van der Waals surface area contributed by atoms with E-state index in [2.05, 4.69) is 25.5 Å². The average molecular weight is 249 g/mol. The molecule has 6 nitrogen and oxygen atoms in total. The average Bonchev–Trinajstić information content (AvgIpc) is 2.46. The maximum atomic E-state index is 11.1. The molecule has 2 heterocycles. The number of aromatic nitrogens is 2. The van der Waals surface area contributed by atoms with Gasteiger partial charge in [-0.3, -0.25) is 0 Å². The first-order valence-corrected chi connectivity index (χ1v) is 6.27. The molecule has 1 aromatic heterocycles. The number of carbonyl (C=O) groups excluding carboxylic acids is 1. The molecular formula is C12H19N5O. The lowest BCUT2D eigenvalue weighted by Gasteiger charge is -2.32. The molecule has 1 aromatic rings. The van der Waals surface area contributed by atoms with Crippen molar-refractivity contribution >= 4 is 12.0 Å². The second-order valence-electron chi connectivity index (χ2n) is 4.46. The Balaban J connectivity index is 1.87. The molecule has 1 saturated heterocycles. The van der Waals surface area contributed by atoms with Gasteiger partial charge in [-0.05, 0) is 24.8 Å². The highest BCUT2D eigenvalue weighted by Crippen LogP contribution is 2.19. The van der Waals surface area contributed by atoms with Crippen LogP contribution >= 0.6 is 0 Å². The Bertz CT molecular complexity index is 383. The van der Waals surface area contributed by atoms with Gasteiger partial charge in [0.25, 0.3) is 0 Å². The van der Waals surface area contributed by atoms with Crippen molar-refractivity contribution in [3.05, 3.63) is 18.5 Å². The van der Waals surface area contributed by atoms with Gasteiger partial charge in [0.15, 0.2) is 0 Å². The van der Waals surface area contributed by atoms with E-state index in [4.69, 9.17) is 0 Å². The number of anilines is 1. The van der Waals surface area contributed by atoms with Crippen LogP contribution in [0.4, 0.5) is 10.7 Å². The van der Waals surface area contributed by atoms with Crippen LogP contribution in [-0.2, 0) is 0 Å². The summed E-state index contributed by atoms with van der Waals surface area (Å²) in [5, 5.41) is 5.42. The summed E-state index contributed by atoms with van der Waals surface area (Å²) in [5.41, 5.74) is 0. The van der Waals surface area contributed by atoms with E-state index in [0.717, 1.165) is 31.9 Å². The fourth-order valence-corrected chi connectivity index (χ4v) is 2.19. The molecule has 0 aromatic carbocycles. The third-order valence-electron chi connectivity index (χ3n) is 3.13. The molecule has 0 radical (unpaired) electrons. The van der Waals surface area contributed by atoms with E-state index in [-0.39, 0.29) is 6.03 Å². The Morgan fingerprint density at radius 1 is 1.50 bits per heavy atom. The van der Waals surface area contributed by atoms with Crippen LogP contribution in [0.5, 0.6) is 0 Å². The first-order chi connectivity index (χ1) is 8.79. The first kappa shape index (κ1) is 12.6. The van der Waals surface area contributed by atoms with E-state index >= 15 is 0 Å². The van der Waals surface area contributed by atoms with Crippen molar-refractivity contribution < 1.29 is 4.79 Å². The topological polar surface area (TPSA) is 70.2 Å². The summed E-state index contributed by atoms with van der Waals surface area (Å²) in [4.78, 5) is 21.9. The van der Waals surface area contributed by atoms with Crippen molar-refractivity contribution in [2.75, 3.05) is 31.6 Å². The van der Waals surface area contributed by atoms with Crippen LogP contribution in [0.1, 0.15) is 12.8 Å². The molecule has 2 amide bonds. The quantitative estimate of drug-likeness (QED) is 0.824. The van der Waals surface area contributed by atoms with Gasteiger partial charge in [-0.1, -0.05) is 0 Å². The van der Waals surface area contributed by atoms with Crippen LogP contribution in [0.2, 0.25) is 0 Å². The van der Waals surface area contributed by atoms with Crippen LogP contribution in [0.15, 0.2) is 18.5 Å². The molecule has 98 valence electrons. The zero-order valence-electron chi connectivity index (χ0n) is 10.6. The molecule has 0 aliphatic carbocycles. The Morgan fingerprint density at radius 2 is 2.28 bits per heavy atom. The number of nitrogens with zero attached hydrogens (tertiary/aromatic N) is 3. The zero-order chi connectivity index (χ0) is 12.8. The molecule has 1 aliphatic heterocycles. The van der Waals surface area contributed by atoms with E-state index in [9.17, 15) is 4.79 Å². The van der Waals surface area contributed by atoms with Crippen molar-refractivity contribution in [1.82, 2.24) is 20.6 Å². The zero-order valence-corrected chi connectivity index (χ0v) is 10.6. The van der Waals surface area contributed by atoms with E-state index in [1.165, 1.54) is 0 Å². The van der Waals surface area contributed by atoms with Gasteiger partial charge in [-0.15, -0.1) is 0 Å². The van der Waals surface area contributed by atoms with Gasteiger partial charge in [0.1, 0.15) is 0 Å². The lowest BCUT2D eigenvalue weighted by molar-refractivity contribution is 0.240. The van der Waals surface area contributed by atoms with Gasteiger partial charge in [0.05, 0.1) is 0 Å². The van der Waals surface area contributed by atoms with Crippen LogP contribution in [0.25, 0.3) is 0 Å². The smallest absolute Gasteiger partial charge is 0.314 e. The monoisotopic (exact) mass is 249 g/mol. The minimum atomic E-state index is -0.122. The maximum Gasteiger partial charge on any atom is 0.314 e. The van der Waals surface area contributed by atoms with E-state index < -0.39 is 0 Å². The Kier molecular flexibility index (Phi) is 4.33. The molecule has 18 heavy (non-hydrogen) atoms. The molecule has 0 saturated carbocycles. The van der Waals surface area contributed by atoms with Crippen LogP contribution in [-0.4, -0.2) is 42.7 Å². The van der Waals surface area contributed by atoms with Gasteiger partial charge < -0.3 is 15.5 Å². The highest BCUT2D eigenvalue weighted by atomic mass is 16.2. The Labute approximate surface area is 107 Å². The number of carbonyl (C=O) groups is 1. The van der Waals surface area contributed by atoms with Crippen molar-refractivity contribution in [2.45, 2.75) is 12.8 Å². The summed E-state index contributed by atoms with van der Waals surface area (Å²) >= 11 is 0. The van der Waals surface area contributed by atoms with Gasteiger partial charge in [-0.2, -0.15) is 0 Å². The number of piperidine rings is 1. The van der Waals surface area contributed by atoms with Gasteiger partial charge in [-0.25, -0.2) is 14.8 Å². The third-order valence-corrected chi connectivity index (χ3v) is 3.13. The minimum Gasteiger partial charge on any atom is -0.341 e. The second kappa shape index (κ2) is 6.18. The minimum absolute atomic E-state index is 0.122. The highest BCUT2D eigenvalue weighted by molar-refractivity contribution is 5.73. The van der Waals surface area contributed by atoms with Gasteiger partial charge in [0, 0.05) is 39.1 Å². The number of hydrogen-bond donors (Lipinski definition) is 2. The second-order valence-corrected chi connectivity index (χ2v) is 4.46. The molecule has 6 heteroatoms. The summed E-state index contributed by atoms with van der Waals surface area (Å²) in [6.45, 7) is 2.58. The number of urea groups is 1. The Hall–Kier alpha value is -1.85. The lowest BCUT2D eigenvalue weighted by Crippen LogP contribution is -2.43. The first-order valence-electron chi connectivity index (χ1n) is 6.27. The molecule has 1 fully saturated rings. The normalized spacial score (nSPS) is 19.4. The molecule has 1 atom stereocenters. The van der Waals surface area contributed by atoms with Gasteiger partial charge >= 0.3 is 6.03 Å². The lowest BCUT2D eigenvalue weighted by atomic mass is 9.98. The van der Waals surface area contributed by atoms with Crippen molar-refractivity contribution in [3.63, 3.8) is 0 Å². The fraction of sp³-hybridized carbons (Fsp3) is 0.583. The van der Waals surface area contributed by atoms with Crippen LogP contribution < -0.4 is 15.5 Å². The predicted molar refractivity (Wildman–Crippen MR) is 69.4 cm³/mol. The SMILES string of the molecule is CNC(=O)NCC1CCCN(c2ncccn2)C1. The molecule has 0 spiro atoms. The van der Waals surface area contributed by atoms with Crippen molar-refractivity contribution in [2.24, 2.45) is 5.92 Å². The highest BCUT2D eigenvalue weighted by Gasteiger charge is 2.21. The van der Waals surface area contributed by atoms with E-state index in [1.54, 1.807) is 19.4 Å². The molecule has 1 aliphatic rings. The van der Waals surface area contributed by atoms with Crippen LogP contribution in [0.3, 0.4) is 0 Å². The van der Waals surface area contributed by atoms with Crippen molar-refractivity contribution in [3.8, 4) is 0 Å². The summed E-state index contributed by atoms with van der Waals surface area (Å²) < 4.78 is 0. The van der Waals surface area contributed by atoms with Crippen molar-refractivity contribution in [1.29, 1.82) is 0 Å². The van der Waals surface area contributed by atoms with E-state index in [1.807, 2.05) is 6.07 Å². The number of nitrogens with one attached hydrogen (secondary N) is 2. The summed E-state index contributed by atoms with van der Waals surface area (Å²) in [6.07, 6.45) is 5.76. The van der Waals surface area contributed by atoms with E-state index in [0.29, 0.717) is 12.5 Å². The molecule has 2 rings (SSSR count). The summed E-state index contributed by atoms with van der Waals surface area (Å²) in [7, 11) is 1.63. The largest absolute Gasteiger partial charge is 0.341 e.